The Bertz CT molecular complexity index is 938. The number of aromatic nitrogens is 6. The number of H-pyrrole nitrogens is 1. The molecule has 0 fully saturated rings. The first kappa shape index (κ1) is 15.1. The lowest BCUT2D eigenvalue weighted by Gasteiger charge is -2.09. The molecule has 3 aromatic heterocycles. The molecule has 0 aliphatic rings. The summed E-state index contributed by atoms with van der Waals surface area (Å²) in [6.45, 7) is 4.79. The van der Waals surface area contributed by atoms with E-state index in [0.717, 1.165) is 6.42 Å². The number of rotatable bonds is 5. The van der Waals surface area contributed by atoms with E-state index in [2.05, 4.69) is 19.9 Å². The molecule has 0 aromatic carbocycles. The molecule has 23 heavy (non-hydrogen) atoms. The van der Waals surface area contributed by atoms with Crippen LogP contribution in [0, 0.1) is 0 Å². The molecule has 0 saturated carbocycles. The first-order valence-corrected chi connectivity index (χ1v) is 7.67. The molecule has 1 N–H and O–H groups in total. The molecule has 0 amide bonds. The van der Waals surface area contributed by atoms with E-state index in [9.17, 15) is 9.59 Å². The summed E-state index contributed by atoms with van der Waals surface area (Å²) in [6.07, 6.45) is 6.15. The first-order chi connectivity index (χ1) is 11.2. The van der Waals surface area contributed by atoms with Crippen molar-refractivity contribution in [2.24, 2.45) is 0 Å². The lowest BCUT2D eigenvalue weighted by Crippen LogP contribution is -2.40. The smallest absolute Gasteiger partial charge is 0.331 e. The van der Waals surface area contributed by atoms with Crippen LogP contribution in [0.3, 0.4) is 0 Å². The van der Waals surface area contributed by atoms with E-state index in [0.29, 0.717) is 42.2 Å². The fourth-order valence-corrected chi connectivity index (χ4v) is 2.56. The van der Waals surface area contributed by atoms with Crippen molar-refractivity contribution in [2.45, 2.75) is 39.8 Å². The van der Waals surface area contributed by atoms with Crippen molar-refractivity contribution in [3.8, 4) is 11.5 Å². The van der Waals surface area contributed by atoms with E-state index < -0.39 is 0 Å². The van der Waals surface area contributed by atoms with Gasteiger partial charge in [-0.15, -0.1) is 0 Å². The minimum atomic E-state index is -0.346. The third-order valence-electron chi connectivity index (χ3n) is 3.56. The Hall–Kier alpha value is -2.77. The fourth-order valence-electron chi connectivity index (χ4n) is 2.56. The zero-order chi connectivity index (χ0) is 16.4. The van der Waals surface area contributed by atoms with Gasteiger partial charge in [0.25, 0.3) is 5.56 Å². The molecular weight excluding hydrogens is 296 g/mol. The second-order valence-corrected chi connectivity index (χ2v) is 5.27. The van der Waals surface area contributed by atoms with Crippen LogP contribution in [-0.4, -0.2) is 29.1 Å². The summed E-state index contributed by atoms with van der Waals surface area (Å²) in [6, 6.07) is 0. The Balaban J connectivity index is 2.32. The highest BCUT2D eigenvalue weighted by Crippen LogP contribution is 2.15. The molecule has 0 aliphatic heterocycles. The molecule has 0 bridgehead atoms. The summed E-state index contributed by atoms with van der Waals surface area (Å²) >= 11 is 0. The second-order valence-electron chi connectivity index (χ2n) is 5.27. The van der Waals surface area contributed by atoms with Gasteiger partial charge in [-0.3, -0.25) is 18.9 Å². The van der Waals surface area contributed by atoms with Gasteiger partial charge in [0.2, 0.25) is 0 Å². The highest BCUT2D eigenvalue weighted by molar-refractivity contribution is 5.74. The summed E-state index contributed by atoms with van der Waals surface area (Å²) in [5.74, 6) is 0.434. The van der Waals surface area contributed by atoms with Crippen molar-refractivity contribution in [1.82, 2.24) is 29.1 Å². The molecule has 8 heteroatoms. The largest absolute Gasteiger partial charge is 0.332 e. The number of nitrogens with one attached hydrogen (secondary N) is 1. The Morgan fingerprint density at radius 1 is 1.09 bits per heavy atom. The number of imidazole rings is 1. The molecule has 0 unspecified atom stereocenters. The van der Waals surface area contributed by atoms with Crippen LogP contribution in [0.2, 0.25) is 0 Å². The van der Waals surface area contributed by atoms with Crippen LogP contribution in [0.5, 0.6) is 0 Å². The number of fused-ring (bicyclic) bond motifs is 1. The van der Waals surface area contributed by atoms with E-state index in [1.54, 1.807) is 23.2 Å². The molecule has 0 spiro atoms. The Kier molecular flexibility index (Phi) is 4.05. The molecule has 0 radical (unpaired) electrons. The number of aryl methyl sites for hydroxylation is 1. The van der Waals surface area contributed by atoms with Crippen LogP contribution < -0.4 is 11.2 Å². The van der Waals surface area contributed by atoms with Crippen LogP contribution in [0.25, 0.3) is 22.7 Å². The predicted octanol–water partition coefficient (Wildman–Crippen LogP) is 1.16. The lowest BCUT2D eigenvalue weighted by molar-refractivity contribution is 0.555. The predicted molar refractivity (Wildman–Crippen MR) is 86.2 cm³/mol. The fraction of sp³-hybridized carbons (Fsp3) is 0.400. The van der Waals surface area contributed by atoms with Gasteiger partial charge in [0.05, 0.1) is 6.20 Å². The van der Waals surface area contributed by atoms with Crippen molar-refractivity contribution in [1.29, 1.82) is 0 Å². The van der Waals surface area contributed by atoms with E-state index in [4.69, 9.17) is 0 Å². The van der Waals surface area contributed by atoms with Crippen LogP contribution in [0.1, 0.15) is 26.7 Å². The average molecular weight is 314 g/mol. The average Bonchev–Trinajstić information content (AvgIpc) is 3.02. The standard InChI is InChI=1S/C15H18N6O2/c1-3-7-20-13-11(14(22)21(8-4-2)15(20)23)18-12(19-13)10-9-16-5-6-17-10/h5-6,9H,3-4,7-8H2,1-2H3,(H,18,19). The van der Waals surface area contributed by atoms with Gasteiger partial charge >= 0.3 is 5.69 Å². The SMILES string of the molecule is CCCn1c(=O)c2[nH]c(-c3cnccn3)nc2n(CCC)c1=O. The van der Waals surface area contributed by atoms with Crippen LogP contribution in [0.15, 0.2) is 28.2 Å². The summed E-state index contributed by atoms with van der Waals surface area (Å²) in [4.78, 5) is 40.8. The number of aromatic amines is 1. The second kappa shape index (κ2) is 6.15. The summed E-state index contributed by atoms with van der Waals surface area (Å²) in [5, 5.41) is 0. The van der Waals surface area contributed by atoms with E-state index >= 15 is 0 Å². The third-order valence-corrected chi connectivity index (χ3v) is 3.56. The Morgan fingerprint density at radius 3 is 2.48 bits per heavy atom. The van der Waals surface area contributed by atoms with Crippen molar-refractivity contribution in [2.75, 3.05) is 0 Å². The highest BCUT2D eigenvalue weighted by atomic mass is 16.2. The van der Waals surface area contributed by atoms with Crippen molar-refractivity contribution >= 4 is 11.2 Å². The van der Waals surface area contributed by atoms with Gasteiger partial charge in [-0.05, 0) is 12.8 Å². The van der Waals surface area contributed by atoms with E-state index in [1.165, 1.54) is 4.57 Å². The van der Waals surface area contributed by atoms with Crippen LogP contribution >= 0.6 is 0 Å². The number of hydrogen-bond donors (Lipinski definition) is 1. The quantitative estimate of drug-likeness (QED) is 0.762. The summed E-state index contributed by atoms with van der Waals surface area (Å²) in [7, 11) is 0. The van der Waals surface area contributed by atoms with Gasteiger partial charge in [-0.25, -0.2) is 14.8 Å². The maximum atomic E-state index is 12.6. The lowest BCUT2D eigenvalue weighted by atomic mass is 10.4. The molecule has 8 nitrogen and oxygen atoms in total. The van der Waals surface area contributed by atoms with E-state index in [1.807, 2.05) is 13.8 Å². The topological polar surface area (TPSA) is 98.5 Å². The van der Waals surface area contributed by atoms with Crippen LogP contribution in [-0.2, 0) is 13.1 Å². The van der Waals surface area contributed by atoms with Gasteiger partial charge in [-0.1, -0.05) is 13.8 Å². The van der Waals surface area contributed by atoms with Crippen LogP contribution in [0.4, 0.5) is 0 Å². The maximum absolute atomic E-state index is 12.6. The van der Waals surface area contributed by atoms with Gasteiger partial charge in [-0.2, -0.15) is 0 Å². The van der Waals surface area contributed by atoms with Gasteiger partial charge < -0.3 is 4.98 Å². The molecule has 3 heterocycles. The molecule has 3 aromatic rings. The van der Waals surface area contributed by atoms with Crippen molar-refractivity contribution in [3.05, 3.63) is 39.4 Å². The molecule has 0 aliphatic carbocycles. The van der Waals surface area contributed by atoms with Crippen molar-refractivity contribution < 1.29 is 0 Å². The van der Waals surface area contributed by atoms with E-state index in [-0.39, 0.29) is 11.2 Å². The molecule has 3 rings (SSSR count). The number of nitrogens with zero attached hydrogens (tertiary/aromatic N) is 5. The molecular formula is C15H18N6O2. The zero-order valence-corrected chi connectivity index (χ0v) is 13.1. The van der Waals surface area contributed by atoms with Crippen molar-refractivity contribution in [3.63, 3.8) is 0 Å². The normalized spacial score (nSPS) is 11.2. The zero-order valence-electron chi connectivity index (χ0n) is 13.1. The van der Waals surface area contributed by atoms with Gasteiger partial charge in [0.1, 0.15) is 11.2 Å². The van der Waals surface area contributed by atoms with Gasteiger partial charge in [0.15, 0.2) is 11.5 Å². The monoisotopic (exact) mass is 314 g/mol. The molecule has 0 atom stereocenters. The molecule has 0 saturated heterocycles. The highest BCUT2D eigenvalue weighted by Gasteiger charge is 2.17. The summed E-state index contributed by atoms with van der Waals surface area (Å²) in [5.41, 5.74) is 0.563. The summed E-state index contributed by atoms with van der Waals surface area (Å²) < 4.78 is 2.80. The Labute approximate surface area is 131 Å². The third kappa shape index (κ3) is 2.56. The molecule has 120 valence electrons. The minimum absolute atomic E-state index is 0.316. The maximum Gasteiger partial charge on any atom is 0.332 e. The first-order valence-electron chi connectivity index (χ1n) is 7.67. The Morgan fingerprint density at radius 2 is 1.83 bits per heavy atom. The number of hydrogen-bond acceptors (Lipinski definition) is 5. The van der Waals surface area contributed by atoms with Gasteiger partial charge in [0, 0.05) is 25.5 Å². The minimum Gasteiger partial charge on any atom is -0.331 e.